The number of nitrogens with one attached hydrogen (secondary N) is 1. The van der Waals surface area contributed by atoms with Gasteiger partial charge in [-0.3, -0.25) is 0 Å². The van der Waals surface area contributed by atoms with E-state index < -0.39 is 0 Å². The highest BCUT2D eigenvalue weighted by Crippen LogP contribution is 2.24. The van der Waals surface area contributed by atoms with Crippen molar-refractivity contribution in [1.29, 1.82) is 0 Å². The van der Waals surface area contributed by atoms with Gasteiger partial charge in [0.2, 0.25) is 0 Å². The summed E-state index contributed by atoms with van der Waals surface area (Å²) in [5, 5.41) is 16.2. The molecule has 0 bridgehead atoms. The highest BCUT2D eigenvalue weighted by atomic mass is 15.7. The lowest BCUT2D eigenvalue weighted by Gasteiger charge is -2.07. The monoisotopic (exact) mass is 226 g/mol. The van der Waals surface area contributed by atoms with E-state index in [9.17, 15) is 0 Å². The summed E-state index contributed by atoms with van der Waals surface area (Å²) in [5.41, 5.74) is 0.921. The van der Waals surface area contributed by atoms with Gasteiger partial charge in [-0.25, -0.2) is 0 Å². The van der Waals surface area contributed by atoms with Crippen molar-refractivity contribution in [2.24, 2.45) is 0 Å². The van der Waals surface area contributed by atoms with E-state index in [1.165, 1.54) is 0 Å². The van der Waals surface area contributed by atoms with Gasteiger partial charge < -0.3 is 11.2 Å². The van der Waals surface area contributed by atoms with E-state index >= 15 is 0 Å². The van der Waals surface area contributed by atoms with Crippen molar-refractivity contribution in [1.82, 2.24) is 20.3 Å². The first kappa shape index (κ1) is 9.59. The first-order chi connectivity index (χ1) is 8.34. The maximum absolute atomic E-state index is 5.55. The molecule has 0 saturated carbocycles. The number of nitrogens with two attached hydrogens (primary N) is 1. The first-order valence-electron chi connectivity index (χ1n) is 5.13. The highest BCUT2D eigenvalue weighted by molar-refractivity contribution is 5.94. The molecule has 0 aliphatic carbocycles. The lowest BCUT2D eigenvalue weighted by Crippen LogP contribution is -2.13. The fraction of sp³-hybridized carbons (Fsp3) is 0. The fourth-order valence-corrected chi connectivity index (χ4v) is 1.73. The third-order valence-corrected chi connectivity index (χ3v) is 2.53. The molecule has 0 atom stereocenters. The number of rotatable bonds is 2. The minimum atomic E-state index is 0.404. The molecule has 0 aliphatic heterocycles. The SMILES string of the molecule is Nn1nnnc1Nc1cccc2ccccc12. The van der Waals surface area contributed by atoms with E-state index in [0.717, 1.165) is 21.3 Å². The van der Waals surface area contributed by atoms with Gasteiger partial charge in [0, 0.05) is 11.1 Å². The number of tetrazole rings is 1. The zero-order valence-electron chi connectivity index (χ0n) is 8.91. The first-order valence-corrected chi connectivity index (χ1v) is 5.13. The molecule has 17 heavy (non-hydrogen) atoms. The summed E-state index contributed by atoms with van der Waals surface area (Å²) in [5.74, 6) is 5.95. The van der Waals surface area contributed by atoms with Crippen molar-refractivity contribution in [2.45, 2.75) is 0 Å². The molecule has 0 aliphatic rings. The summed E-state index contributed by atoms with van der Waals surface area (Å²) >= 11 is 0. The van der Waals surface area contributed by atoms with Crippen LogP contribution >= 0.6 is 0 Å². The van der Waals surface area contributed by atoms with Crippen LogP contribution in [0.2, 0.25) is 0 Å². The van der Waals surface area contributed by atoms with E-state index in [1.54, 1.807) is 0 Å². The summed E-state index contributed by atoms with van der Waals surface area (Å²) < 4.78 is 0. The van der Waals surface area contributed by atoms with Gasteiger partial charge in [0.1, 0.15) is 0 Å². The van der Waals surface area contributed by atoms with Crippen molar-refractivity contribution >= 4 is 22.4 Å². The van der Waals surface area contributed by atoms with Crippen molar-refractivity contribution in [3.05, 3.63) is 42.5 Å². The van der Waals surface area contributed by atoms with Crippen LogP contribution in [0.5, 0.6) is 0 Å². The van der Waals surface area contributed by atoms with Crippen molar-refractivity contribution < 1.29 is 0 Å². The van der Waals surface area contributed by atoms with Gasteiger partial charge in [0.05, 0.1) is 0 Å². The molecule has 2 aromatic carbocycles. The Balaban J connectivity index is 2.09. The van der Waals surface area contributed by atoms with Crippen LogP contribution < -0.4 is 11.2 Å². The molecule has 0 unspecified atom stereocenters. The Labute approximate surface area is 97.0 Å². The van der Waals surface area contributed by atoms with Crippen LogP contribution in [0.25, 0.3) is 10.8 Å². The number of benzene rings is 2. The van der Waals surface area contributed by atoms with Gasteiger partial charge in [-0.05, 0) is 21.9 Å². The molecule has 3 N–H and O–H groups in total. The largest absolute Gasteiger partial charge is 0.321 e. The third-order valence-electron chi connectivity index (χ3n) is 2.53. The highest BCUT2D eigenvalue weighted by Gasteiger charge is 2.05. The minimum Gasteiger partial charge on any atom is -0.321 e. The lowest BCUT2D eigenvalue weighted by molar-refractivity contribution is 0.760. The molecule has 0 amide bonds. The second kappa shape index (κ2) is 3.75. The van der Waals surface area contributed by atoms with Crippen molar-refractivity contribution in [3.8, 4) is 0 Å². The Morgan fingerprint density at radius 2 is 1.88 bits per heavy atom. The van der Waals surface area contributed by atoms with E-state index in [-0.39, 0.29) is 0 Å². The quantitative estimate of drug-likeness (QED) is 0.643. The molecule has 1 aromatic heterocycles. The number of fused-ring (bicyclic) bond motifs is 1. The van der Waals surface area contributed by atoms with Crippen molar-refractivity contribution in [2.75, 3.05) is 11.2 Å². The molecular weight excluding hydrogens is 216 g/mol. The minimum absolute atomic E-state index is 0.404. The molecule has 0 fully saturated rings. The summed E-state index contributed by atoms with van der Waals surface area (Å²) in [6.07, 6.45) is 0. The molecule has 0 radical (unpaired) electrons. The second-order valence-electron chi connectivity index (χ2n) is 3.60. The maximum atomic E-state index is 5.55. The molecule has 1 heterocycles. The van der Waals surface area contributed by atoms with Gasteiger partial charge in [0.25, 0.3) is 5.95 Å². The molecule has 84 valence electrons. The standard InChI is InChI=1S/C11H10N6/c12-17-11(14-15-16-17)13-10-7-3-5-8-4-1-2-6-9(8)10/h1-7H,12H2,(H,13,14,16). The predicted molar refractivity (Wildman–Crippen MR) is 65.2 cm³/mol. The van der Waals surface area contributed by atoms with Crippen LogP contribution in [0.3, 0.4) is 0 Å². The average molecular weight is 226 g/mol. The van der Waals surface area contributed by atoms with E-state index in [0.29, 0.717) is 5.95 Å². The number of hydrogen-bond acceptors (Lipinski definition) is 5. The van der Waals surface area contributed by atoms with Gasteiger partial charge in [0.15, 0.2) is 0 Å². The molecule has 6 nitrogen and oxygen atoms in total. The third kappa shape index (κ3) is 1.65. The Hall–Kier alpha value is -2.63. The van der Waals surface area contributed by atoms with E-state index in [4.69, 9.17) is 5.84 Å². The van der Waals surface area contributed by atoms with Crippen LogP contribution in [0.15, 0.2) is 42.5 Å². The smallest absolute Gasteiger partial charge is 0.267 e. The molecule has 6 heteroatoms. The summed E-state index contributed by atoms with van der Waals surface area (Å²) in [6, 6.07) is 14.0. The summed E-state index contributed by atoms with van der Waals surface area (Å²) in [4.78, 5) is 1.10. The number of nitrogens with zero attached hydrogens (tertiary/aromatic N) is 4. The van der Waals surface area contributed by atoms with Crippen LogP contribution in [0, 0.1) is 0 Å². The van der Waals surface area contributed by atoms with Gasteiger partial charge in [-0.15, -0.1) is 4.79 Å². The Bertz CT molecular complexity index is 654. The van der Waals surface area contributed by atoms with Crippen LogP contribution in [-0.2, 0) is 0 Å². The lowest BCUT2D eigenvalue weighted by atomic mass is 10.1. The second-order valence-corrected chi connectivity index (χ2v) is 3.60. The Morgan fingerprint density at radius 3 is 2.71 bits per heavy atom. The predicted octanol–water partition coefficient (Wildman–Crippen LogP) is 1.28. The molecular formula is C11H10N6. The number of aromatic nitrogens is 4. The summed E-state index contributed by atoms with van der Waals surface area (Å²) in [6.45, 7) is 0. The van der Waals surface area contributed by atoms with Crippen LogP contribution in [0.1, 0.15) is 0 Å². The Morgan fingerprint density at radius 1 is 1.06 bits per heavy atom. The molecule has 0 saturated heterocycles. The molecule has 0 spiro atoms. The number of anilines is 2. The molecule has 3 aromatic rings. The normalized spacial score (nSPS) is 10.6. The van der Waals surface area contributed by atoms with E-state index in [2.05, 4.69) is 20.8 Å². The topological polar surface area (TPSA) is 81.7 Å². The summed E-state index contributed by atoms with van der Waals surface area (Å²) in [7, 11) is 0. The number of nitrogen functional groups attached to an aromatic ring is 1. The number of hydrogen-bond donors (Lipinski definition) is 2. The Kier molecular flexibility index (Phi) is 2.11. The van der Waals surface area contributed by atoms with Gasteiger partial charge in [-0.2, -0.15) is 0 Å². The maximum Gasteiger partial charge on any atom is 0.267 e. The van der Waals surface area contributed by atoms with E-state index in [1.807, 2.05) is 42.5 Å². The van der Waals surface area contributed by atoms with Crippen molar-refractivity contribution in [3.63, 3.8) is 0 Å². The fourth-order valence-electron chi connectivity index (χ4n) is 1.73. The zero-order valence-corrected chi connectivity index (χ0v) is 8.91. The van der Waals surface area contributed by atoms with Gasteiger partial charge in [-0.1, -0.05) is 41.5 Å². The average Bonchev–Trinajstić information content (AvgIpc) is 2.76. The molecule has 3 rings (SSSR count). The van der Waals surface area contributed by atoms with Gasteiger partial charge >= 0.3 is 0 Å². The van der Waals surface area contributed by atoms with Crippen LogP contribution in [-0.4, -0.2) is 20.3 Å². The van der Waals surface area contributed by atoms with Crippen LogP contribution in [0.4, 0.5) is 11.6 Å². The zero-order chi connectivity index (χ0) is 11.7.